The van der Waals surface area contributed by atoms with E-state index in [9.17, 15) is 0 Å². The van der Waals surface area contributed by atoms with E-state index >= 15 is 0 Å². The van der Waals surface area contributed by atoms with E-state index in [4.69, 9.17) is 5.84 Å². The molecule has 0 saturated heterocycles. The summed E-state index contributed by atoms with van der Waals surface area (Å²) in [7, 11) is 0. The van der Waals surface area contributed by atoms with Crippen LogP contribution in [0.15, 0.2) is 30.4 Å². The van der Waals surface area contributed by atoms with Gasteiger partial charge in [0.1, 0.15) is 0 Å². The Hall–Kier alpha value is -1.12. The molecule has 0 amide bonds. The summed E-state index contributed by atoms with van der Waals surface area (Å²) in [5, 5.41) is 0. The third-order valence-electron chi connectivity index (χ3n) is 2.80. The Morgan fingerprint density at radius 2 is 2.12 bits per heavy atom. The molecule has 1 aromatic rings. The van der Waals surface area contributed by atoms with Gasteiger partial charge in [-0.15, -0.1) is 6.58 Å². The average Bonchev–Trinajstić information content (AvgIpc) is 2.21. The zero-order valence-electron chi connectivity index (χ0n) is 10.5. The lowest BCUT2D eigenvalue weighted by Crippen LogP contribution is -2.37. The van der Waals surface area contributed by atoms with Gasteiger partial charge in [0, 0.05) is 6.04 Å². The van der Waals surface area contributed by atoms with Gasteiger partial charge in [-0.05, 0) is 44.7 Å². The van der Waals surface area contributed by atoms with Crippen molar-refractivity contribution < 1.29 is 0 Å². The van der Waals surface area contributed by atoms with Crippen LogP contribution in [0.5, 0.6) is 0 Å². The van der Waals surface area contributed by atoms with Crippen molar-refractivity contribution in [1.29, 1.82) is 0 Å². The van der Waals surface area contributed by atoms with Crippen molar-refractivity contribution >= 4 is 0 Å². The van der Waals surface area contributed by atoms with Gasteiger partial charge in [0.05, 0.1) is 0 Å². The first-order valence-corrected chi connectivity index (χ1v) is 5.69. The lowest BCUT2D eigenvalue weighted by Gasteiger charge is -2.17. The topological polar surface area (TPSA) is 38.0 Å². The third-order valence-corrected chi connectivity index (χ3v) is 2.80. The Labute approximate surface area is 98.5 Å². The van der Waals surface area contributed by atoms with Gasteiger partial charge in [0.15, 0.2) is 0 Å². The minimum Gasteiger partial charge on any atom is -0.271 e. The fraction of sp³-hybridized carbons (Fsp3) is 0.429. The molecule has 0 aliphatic rings. The molecule has 0 heterocycles. The minimum atomic E-state index is 0.276. The van der Waals surface area contributed by atoms with Crippen LogP contribution >= 0.6 is 0 Å². The Morgan fingerprint density at radius 1 is 1.44 bits per heavy atom. The van der Waals surface area contributed by atoms with Gasteiger partial charge in [-0.2, -0.15) is 0 Å². The summed E-state index contributed by atoms with van der Waals surface area (Å²) in [6.45, 7) is 10.2. The number of benzene rings is 1. The van der Waals surface area contributed by atoms with Gasteiger partial charge in [0.2, 0.25) is 0 Å². The fourth-order valence-electron chi connectivity index (χ4n) is 1.90. The number of nitrogens with two attached hydrogens (primary N) is 1. The van der Waals surface area contributed by atoms with Crippen LogP contribution in [-0.4, -0.2) is 6.04 Å². The summed E-state index contributed by atoms with van der Waals surface area (Å²) in [5.41, 5.74) is 8.02. The normalized spacial score (nSPS) is 12.5. The second kappa shape index (κ2) is 5.83. The Bertz CT molecular complexity index is 369. The van der Waals surface area contributed by atoms with Crippen molar-refractivity contribution in [3.63, 3.8) is 0 Å². The molecular weight excluding hydrogens is 196 g/mol. The zero-order chi connectivity index (χ0) is 12.1. The Kier molecular flexibility index (Phi) is 4.71. The monoisotopic (exact) mass is 218 g/mol. The predicted molar refractivity (Wildman–Crippen MR) is 70.2 cm³/mol. The second-order valence-corrected chi connectivity index (χ2v) is 4.66. The number of aryl methyl sites for hydroxylation is 2. The number of hydrogen-bond donors (Lipinski definition) is 2. The maximum atomic E-state index is 5.57. The van der Waals surface area contributed by atoms with Crippen LogP contribution in [0.4, 0.5) is 0 Å². The summed E-state index contributed by atoms with van der Waals surface area (Å²) in [6.07, 6.45) is 1.88. The van der Waals surface area contributed by atoms with Crippen molar-refractivity contribution in [2.75, 3.05) is 0 Å². The quantitative estimate of drug-likeness (QED) is 0.453. The first-order chi connectivity index (χ1) is 7.52. The number of nitrogens with one attached hydrogen (secondary N) is 1. The highest BCUT2D eigenvalue weighted by Gasteiger charge is 2.09. The van der Waals surface area contributed by atoms with E-state index in [-0.39, 0.29) is 6.04 Å². The molecule has 0 aromatic heterocycles. The average molecular weight is 218 g/mol. The van der Waals surface area contributed by atoms with Crippen molar-refractivity contribution in [2.24, 2.45) is 5.84 Å². The molecule has 88 valence electrons. The van der Waals surface area contributed by atoms with Crippen LogP contribution < -0.4 is 11.3 Å². The number of hydrazine groups is 1. The summed E-state index contributed by atoms with van der Waals surface area (Å²) in [4.78, 5) is 0. The molecule has 0 aliphatic heterocycles. The van der Waals surface area contributed by atoms with Gasteiger partial charge in [-0.1, -0.05) is 29.3 Å². The standard InChI is InChI=1S/C14H22N2/c1-10(2)7-14(16-15)9-13-8-11(3)5-6-12(13)4/h5-6,8,14,16H,1,7,9,15H2,2-4H3. The summed E-state index contributed by atoms with van der Waals surface area (Å²) >= 11 is 0. The highest BCUT2D eigenvalue weighted by atomic mass is 15.2. The van der Waals surface area contributed by atoms with Crippen molar-refractivity contribution in [3.05, 3.63) is 47.0 Å². The molecule has 1 atom stereocenters. The van der Waals surface area contributed by atoms with Gasteiger partial charge in [-0.3, -0.25) is 11.3 Å². The van der Waals surface area contributed by atoms with Crippen molar-refractivity contribution in [1.82, 2.24) is 5.43 Å². The Morgan fingerprint density at radius 3 is 2.69 bits per heavy atom. The van der Waals surface area contributed by atoms with Crippen LogP contribution in [0, 0.1) is 13.8 Å². The molecule has 2 nitrogen and oxygen atoms in total. The van der Waals surface area contributed by atoms with E-state index in [0.717, 1.165) is 18.4 Å². The fourth-order valence-corrected chi connectivity index (χ4v) is 1.90. The van der Waals surface area contributed by atoms with E-state index in [1.54, 1.807) is 0 Å². The van der Waals surface area contributed by atoms with Crippen molar-refractivity contribution in [3.8, 4) is 0 Å². The first-order valence-electron chi connectivity index (χ1n) is 5.69. The minimum absolute atomic E-state index is 0.276. The lowest BCUT2D eigenvalue weighted by molar-refractivity contribution is 0.520. The second-order valence-electron chi connectivity index (χ2n) is 4.66. The molecule has 2 heteroatoms. The number of rotatable bonds is 5. The molecule has 1 unspecified atom stereocenters. The predicted octanol–water partition coefficient (Wildman–Crippen LogP) is 2.64. The van der Waals surface area contributed by atoms with E-state index in [0.29, 0.717) is 0 Å². The van der Waals surface area contributed by atoms with E-state index < -0.39 is 0 Å². The van der Waals surface area contributed by atoms with Gasteiger partial charge < -0.3 is 0 Å². The van der Waals surface area contributed by atoms with Crippen molar-refractivity contribution in [2.45, 2.75) is 39.7 Å². The van der Waals surface area contributed by atoms with Crippen LogP contribution in [0.3, 0.4) is 0 Å². The van der Waals surface area contributed by atoms with Crippen LogP contribution in [-0.2, 0) is 6.42 Å². The van der Waals surface area contributed by atoms with Crippen LogP contribution in [0.2, 0.25) is 0 Å². The van der Waals surface area contributed by atoms with Crippen LogP contribution in [0.1, 0.15) is 30.0 Å². The largest absolute Gasteiger partial charge is 0.271 e. The molecule has 1 aromatic carbocycles. The van der Waals surface area contributed by atoms with E-state index in [1.807, 2.05) is 6.92 Å². The molecule has 16 heavy (non-hydrogen) atoms. The highest BCUT2D eigenvalue weighted by Crippen LogP contribution is 2.15. The van der Waals surface area contributed by atoms with Crippen LogP contribution in [0.25, 0.3) is 0 Å². The smallest absolute Gasteiger partial charge is 0.0287 e. The molecular formula is C14H22N2. The summed E-state index contributed by atoms with van der Waals surface area (Å²) in [6, 6.07) is 6.82. The molecule has 0 radical (unpaired) electrons. The molecule has 0 fully saturated rings. The maximum absolute atomic E-state index is 5.57. The third kappa shape index (κ3) is 3.80. The maximum Gasteiger partial charge on any atom is 0.0287 e. The lowest BCUT2D eigenvalue weighted by atomic mass is 9.96. The SMILES string of the molecule is C=C(C)CC(Cc1cc(C)ccc1C)NN. The molecule has 1 rings (SSSR count). The Balaban J connectivity index is 2.77. The summed E-state index contributed by atoms with van der Waals surface area (Å²) < 4.78 is 0. The van der Waals surface area contributed by atoms with E-state index in [2.05, 4.69) is 44.1 Å². The van der Waals surface area contributed by atoms with E-state index in [1.165, 1.54) is 16.7 Å². The molecule has 0 saturated carbocycles. The van der Waals surface area contributed by atoms with Gasteiger partial charge in [-0.25, -0.2) is 0 Å². The summed E-state index contributed by atoms with van der Waals surface area (Å²) in [5.74, 6) is 5.57. The molecule has 0 bridgehead atoms. The zero-order valence-corrected chi connectivity index (χ0v) is 10.5. The molecule has 0 spiro atoms. The molecule has 0 aliphatic carbocycles. The van der Waals surface area contributed by atoms with Gasteiger partial charge in [0.25, 0.3) is 0 Å². The molecule has 3 N–H and O–H groups in total. The van der Waals surface area contributed by atoms with Gasteiger partial charge >= 0.3 is 0 Å². The number of hydrogen-bond acceptors (Lipinski definition) is 2. The first kappa shape index (κ1) is 12.9. The highest BCUT2D eigenvalue weighted by molar-refractivity contribution is 5.31.